The van der Waals surface area contributed by atoms with Crippen LogP contribution in [0.25, 0.3) is 0 Å². The Labute approximate surface area is 117 Å². The molecule has 0 aromatic heterocycles. The molecule has 2 heteroatoms. The molecule has 0 aromatic rings. The van der Waals surface area contributed by atoms with E-state index in [0.29, 0.717) is 18.9 Å². The van der Waals surface area contributed by atoms with Crippen LogP contribution in [0.15, 0.2) is 0 Å². The number of hydrogen-bond donors (Lipinski definition) is 0. The molecule has 0 amide bonds. The van der Waals surface area contributed by atoms with Gasteiger partial charge in [-0.05, 0) is 74.0 Å². The molecule has 3 saturated carbocycles. The Morgan fingerprint density at radius 1 is 1.05 bits per heavy atom. The SMILES string of the molecule is CCC(=O)OCC1CCC2C3CC(C)CC(C3)C2C1. The average molecular weight is 264 g/mol. The van der Waals surface area contributed by atoms with E-state index in [4.69, 9.17) is 4.74 Å². The highest BCUT2D eigenvalue weighted by Gasteiger charge is 2.48. The number of esters is 1. The first-order valence-electron chi connectivity index (χ1n) is 8.33. The van der Waals surface area contributed by atoms with Crippen LogP contribution in [0, 0.1) is 35.5 Å². The number of rotatable bonds is 3. The fraction of sp³-hybridized carbons (Fsp3) is 0.941. The molecule has 6 atom stereocenters. The van der Waals surface area contributed by atoms with Gasteiger partial charge in [-0.3, -0.25) is 4.79 Å². The van der Waals surface area contributed by atoms with Crippen LogP contribution in [0.3, 0.4) is 0 Å². The van der Waals surface area contributed by atoms with E-state index in [2.05, 4.69) is 6.92 Å². The van der Waals surface area contributed by atoms with Gasteiger partial charge in [0.1, 0.15) is 0 Å². The molecule has 6 unspecified atom stereocenters. The van der Waals surface area contributed by atoms with E-state index in [1.807, 2.05) is 6.92 Å². The maximum absolute atomic E-state index is 11.3. The van der Waals surface area contributed by atoms with Crippen LogP contribution in [-0.4, -0.2) is 12.6 Å². The van der Waals surface area contributed by atoms with Gasteiger partial charge in [0.25, 0.3) is 0 Å². The number of carbonyl (C=O) groups excluding carboxylic acids is 1. The lowest BCUT2D eigenvalue weighted by atomic mass is 9.72. The van der Waals surface area contributed by atoms with Crippen molar-refractivity contribution in [3.63, 3.8) is 0 Å². The Bertz CT molecular complexity index is 338. The second-order valence-corrected chi connectivity index (χ2v) is 7.38. The molecule has 108 valence electrons. The van der Waals surface area contributed by atoms with Gasteiger partial charge in [-0.15, -0.1) is 0 Å². The largest absolute Gasteiger partial charge is 0.465 e. The van der Waals surface area contributed by atoms with Crippen LogP contribution < -0.4 is 0 Å². The van der Waals surface area contributed by atoms with Gasteiger partial charge in [0, 0.05) is 6.42 Å². The average Bonchev–Trinajstić information content (AvgIpc) is 2.67. The summed E-state index contributed by atoms with van der Waals surface area (Å²) in [6, 6.07) is 0. The third-order valence-electron chi connectivity index (χ3n) is 6.06. The van der Waals surface area contributed by atoms with Gasteiger partial charge in [-0.1, -0.05) is 13.8 Å². The van der Waals surface area contributed by atoms with Crippen molar-refractivity contribution in [2.24, 2.45) is 35.5 Å². The predicted molar refractivity (Wildman–Crippen MR) is 75.6 cm³/mol. The number of carbonyl (C=O) groups is 1. The Kier molecular flexibility index (Phi) is 3.86. The fourth-order valence-electron chi connectivity index (χ4n) is 5.32. The third kappa shape index (κ3) is 2.68. The third-order valence-corrected chi connectivity index (χ3v) is 6.06. The van der Waals surface area contributed by atoms with Gasteiger partial charge >= 0.3 is 5.97 Å². The first kappa shape index (κ1) is 13.5. The molecule has 3 rings (SSSR count). The maximum Gasteiger partial charge on any atom is 0.305 e. The molecular formula is C17H28O2. The summed E-state index contributed by atoms with van der Waals surface area (Å²) < 4.78 is 5.37. The summed E-state index contributed by atoms with van der Waals surface area (Å²) in [6.45, 7) is 5.00. The summed E-state index contributed by atoms with van der Waals surface area (Å²) >= 11 is 0. The van der Waals surface area contributed by atoms with Gasteiger partial charge in [0.05, 0.1) is 6.61 Å². The second-order valence-electron chi connectivity index (χ2n) is 7.38. The van der Waals surface area contributed by atoms with Gasteiger partial charge < -0.3 is 4.74 Å². The molecular weight excluding hydrogens is 236 g/mol. The van der Waals surface area contributed by atoms with E-state index < -0.39 is 0 Å². The Hall–Kier alpha value is -0.530. The van der Waals surface area contributed by atoms with Gasteiger partial charge in [-0.25, -0.2) is 0 Å². The molecule has 2 nitrogen and oxygen atoms in total. The van der Waals surface area contributed by atoms with E-state index in [0.717, 1.165) is 29.6 Å². The predicted octanol–water partition coefficient (Wildman–Crippen LogP) is 4.04. The summed E-state index contributed by atoms with van der Waals surface area (Å²) in [6.07, 6.45) is 8.96. The van der Waals surface area contributed by atoms with Gasteiger partial charge in [0.2, 0.25) is 0 Å². The molecule has 3 aliphatic rings. The lowest BCUT2D eigenvalue weighted by Gasteiger charge is -2.34. The highest BCUT2D eigenvalue weighted by molar-refractivity contribution is 5.68. The summed E-state index contributed by atoms with van der Waals surface area (Å²) in [5.74, 6) is 5.54. The molecule has 0 aliphatic heterocycles. The summed E-state index contributed by atoms with van der Waals surface area (Å²) in [5, 5.41) is 0. The zero-order chi connectivity index (χ0) is 13.4. The molecule has 0 spiro atoms. The monoisotopic (exact) mass is 264 g/mol. The van der Waals surface area contributed by atoms with Gasteiger partial charge in [-0.2, -0.15) is 0 Å². The van der Waals surface area contributed by atoms with Crippen molar-refractivity contribution in [3.05, 3.63) is 0 Å². The van der Waals surface area contributed by atoms with Crippen LogP contribution in [0.5, 0.6) is 0 Å². The smallest absolute Gasteiger partial charge is 0.305 e. The number of fused-ring (bicyclic) bond motifs is 5. The van der Waals surface area contributed by atoms with Crippen LogP contribution >= 0.6 is 0 Å². The maximum atomic E-state index is 11.3. The van der Waals surface area contributed by atoms with E-state index in [9.17, 15) is 4.79 Å². The van der Waals surface area contributed by atoms with Crippen molar-refractivity contribution in [1.29, 1.82) is 0 Å². The number of hydrogen-bond acceptors (Lipinski definition) is 2. The zero-order valence-electron chi connectivity index (χ0n) is 12.4. The molecule has 0 radical (unpaired) electrons. The molecule has 19 heavy (non-hydrogen) atoms. The standard InChI is InChI=1S/C17H28O2/c1-3-17(18)19-10-12-4-5-15-13-6-11(2)7-14(9-13)16(15)8-12/h11-16H,3-10H2,1-2H3. The Morgan fingerprint density at radius 3 is 2.53 bits per heavy atom. The van der Waals surface area contributed by atoms with Crippen molar-refractivity contribution in [2.45, 2.75) is 58.8 Å². The van der Waals surface area contributed by atoms with Crippen LogP contribution in [0.4, 0.5) is 0 Å². The van der Waals surface area contributed by atoms with Crippen LogP contribution in [-0.2, 0) is 9.53 Å². The highest BCUT2D eigenvalue weighted by Crippen LogP contribution is 2.57. The van der Waals surface area contributed by atoms with E-state index in [1.165, 1.54) is 38.5 Å². The Balaban J connectivity index is 1.56. The molecule has 0 N–H and O–H groups in total. The quantitative estimate of drug-likeness (QED) is 0.719. The molecule has 3 aliphatic carbocycles. The first-order chi connectivity index (χ1) is 9.17. The molecule has 0 saturated heterocycles. The van der Waals surface area contributed by atoms with Crippen molar-refractivity contribution in [3.8, 4) is 0 Å². The minimum absolute atomic E-state index is 0.0269. The minimum Gasteiger partial charge on any atom is -0.465 e. The summed E-state index contributed by atoms with van der Waals surface area (Å²) in [4.78, 5) is 11.3. The fourth-order valence-corrected chi connectivity index (χ4v) is 5.32. The van der Waals surface area contributed by atoms with Crippen molar-refractivity contribution >= 4 is 5.97 Å². The van der Waals surface area contributed by atoms with Crippen molar-refractivity contribution in [1.82, 2.24) is 0 Å². The molecule has 2 bridgehead atoms. The van der Waals surface area contributed by atoms with Crippen molar-refractivity contribution in [2.75, 3.05) is 6.61 Å². The van der Waals surface area contributed by atoms with Crippen LogP contribution in [0.1, 0.15) is 58.8 Å². The minimum atomic E-state index is -0.0269. The topological polar surface area (TPSA) is 26.3 Å². The van der Waals surface area contributed by atoms with Crippen LogP contribution in [0.2, 0.25) is 0 Å². The summed E-state index contributed by atoms with van der Waals surface area (Å²) in [5.41, 5.74) is 0. The molecule has 0 heterocycles. The molecule has 0 aromatic carbocycles. The first-order valence-corrected chi connectivity index (χ1v) is 8.33. The normalized spacial score (nSPS) is 44.7. The van der Waals surface area contributed by atoms with E-state index >= 15 is 0 Å². The number of ether oxygens (including phenoxy) is 1. The Morgan fingerprint density at radius 2 is 1.79 bits per heavy atom. The highest BCUT2D eigenvalue weighted by atomic mass is 16.5. The van der Waals surface area contributed by atoms with E-state index in [1.54, 1.807) is 0 Å². The van der Waals surface area contributed by atoms with E-state index in [-0.39, 0.29) is 5.97 Å². The lowest BCUT2D eigenvalue weighted by molar-refractivity contribution is -0.145. The lowest BCUT2D eigenvalue weighted by Crippen LogP contribution is -2.28. The van der Waals surface area contributed by atoms with Crippen molar-refractivity contribution < 1.29 is 9.53 Å². The summed E-state index contributed by atoms with van der Waals surface area (Å²) in [7, 11) is 0. The second kappa shape index (κ2) is 5.46. The molecule has 3 fully saturated rings. The van der Waals surface area contributed by atoms with Gasteiger partial charge in [0.15, 0.2) is 0 Å². The zero-order valence-corrected chi connectivity index (χ0v) is 12.4.